The molecule has 19 heteroatoms. The molecule has 5 N–H and O–H groups in total. The Morgan fingerprint density at radius 1 is 0.687 bits per heavy atom. The van der Waals surface area contributed by atoms with Crippen molar-refractivity contribution in [3.63, 3.8) is 0 Å². The summed E-state index contributed by atoms with van der Waals surface area (Å²) in [7, 11) is 0. The van der Waals surface area contributed by atoms with Crippen LogP contribution in [0.1, 0.15) is 133 Å². The number of carboxylic acids is 2. The number of H-pyrrole nitrogens is 2. The topological polar surface area (TPSA) is 291 Å². The van der Waals surface area contributed by atoms with Crippen molar-refractivity contribution in [1.82, 2.24) is 30.4 Å². The standard InChI is InChI=1S/C20H26N4O4.C11H10N4O4.C9H18O.C8H14O2.3H2/c1-11-7-13(3)19(14(4)8-11)28-18(25)10-17-21-20(23-22-17)15-6-5-12(2)16(9-15)24(26)27;1-6-2-3-7(4-8(6)15(18)19)11-12-9(13-14-11)5-10(16)17;1-6-4-7(2)9(10)8(3)5-6;9-8(10)6-7-4-2-1-3-5-7;;;/h5-6,9,11,13-14,19H,7-8,10H2,1-4H3,(H,21,22,23);2-4H,5H2,1H3,(H,16,17)(H,12,13,14);6-10H,4-5H2,1-3H3;7H,1-6H2,(H,9,10);3*1H. The van der Waals surface area contributed by atoms with E-state index in [0.717, 1.165) is 31.6 Å². The van der Waals surface area contributed by atoms with Crippen molar-refractivity contribution in [3.8, 4) is 22.8 Å². The fraction of sp³-hybridized carbons (Fsp3) is 0.604. The number of aromatic nitrogens is 6. The van der Waals surface area contributed by atoms with Crippen LogP contribution in [0, 0.1) is 75.5 Å². The first-order valence-corrected chi connectivity index (χ1v) is 23.3. The number of ether oxygens (including phenoxy) is 1. The molecule has 7 rings (SSSR count). The number of aliphatic hydroxyl groups is 1. The van der Waals surface area contributed by atoms with Gasteiger partial charge in [-0.15, -0.1) is 0 Å². The van der Waals surface area contributed by atoms with Crippen LogP contribution in [0.5, 0.6) is 0 Å². The van der Waals surface area contributed by atoms with E-state index < -0.39 is 21.8 Å². The van der Waals surface area contributed by atoms with E-state index in [2.05, 4.69) is 71.9 Å². The first-order valence-electron chi connectivity index (χ1n) is 23.3. The molecule has 4 unspecified atom stereocenters. The number of aromatic amines is 2. The Morgan fingerprint density at radius 2 is 1.12 bits per heavy atom. The minimum absolute atomic E-state index is 0. The van der Waals surface area contributed by atoms with Crippen molar-refractivity contribution in [3.05, 3.63) is 79.4 Å². The third-order valence-electron chi connectivity index (χ3n) is 12.9. The Balaban J connectivity index is 0.000000504. The van der Waals surface area contributed by atoms with Crippen LogP contribution in [0.3, 0.4) is 0 Å². The normalized spacial score (nSPS) is 23.7. The van der Waals surface area contributed by atoms with Gasteiger partial charge < -0.3 is 20.1 Å². The second-order valence-corrected chi connectivity index (χ2v) is 19.1. The first-order chi connectivity index (χ1) is 31.6. The highest BCUT2D eigenvalue weighted by Gasteiger charge is 2.34. The van der Waals surface area contributed by atoms with Crippen LogP contribution < -0.4 is 0 Å². The number of hydrogen-bond acceptors (Lipinski definition) is 13. The molecule has 0 saturated heterocycles. The number of nitro benzene ring substituents is 2. The molecule has 0 amide bonds. The number of aliphatic hydroxyl groups excluding tert-OH is 1. The number of carboxylic acid groups (broad SMARTS) is 2. The van der Waals surface area contributed by atoms with Crippen LogP contribution in [0.2, 0.25) is 0 Å². The zero-order valence-corrected chi connectivity index (χ0v) is 39.9. The van der Waals surface area contributed by atoms with Gasteiger partial charge in [-0.1, -0.05) is 85.1 Å². The Labute approximate surface area is 395 Å². The van der Waals surface area contributed by atoms with E-state index in [0.29, 0.717) is 75.8 Å². The van der Waals surface area contributed by atoms with Crippen LogP contribution in [0.15, 0.2) is 36.4 Å². The fourth-order valence-corrected chi connectivity index (χ4v) is 9.64. The number of aliphatic carboxylic acids is 2. The summed E-state index contributed by atoms with van der Waals surface area (Å²) in [5.41, 5.74) is 2.08. The maximum Gasteiger partial charge on any atom is 0.313 e. The maximum absolute atomic E-state index is 12.4. The number of hydrogen-bond donors (Lipinski definition) is 5. The zero-order chi connectivity index (χ0) is 49.5. The third-order valence-corrected chi connectivity index (χ3v) is 12.9. The molecule has 0 bridgehead atoms. The van der Waals surface area contributed by atoms with E-state index in [9.17, 15) is 39.7 Å². The van der Waals surface area contributed by atoms with Gasteiger partial charge in [-0.05, 0) is 93.8 Å². The van der Waals surface area contributed by atoms with E-state index >= 15 is 0 Å². The molecular formula is C48H74N8O11. The fourth-order valence-electron chi connectivity index (χ4n) is 9.64. The lowest BCUT2D eigenvalue weighted by molar-refractivity contribution is -0.385. The molecule has 3 aliphatic carbocycles. The first kappa shape index (κ1) is 53.5. The van der Waals surface area contributed by atoms with Crippen LogP contribution in [-0.2, 0) is 32.0 Å². The Bertz CT molecular complexity index is 2280. The van der Waals surface area contributed by atoms with E-state index in [1.807, 2.05) is 0 Å². The molecule has 3 fully saturated rings. The quantitative estimate of drug-likeness (QED) is 0.0531. The lowest BCUT2D eigenvalue weighted by atomic mass is 9.75. The molecule has 3 saturated carbocycles. The third kappa shape index (κ3) is 16.6. The SMILES string of the molecule is CC1CC(C)C(O)C(C)C1.Cc1ccc(-c2n[nH]c(CC(=O)O)n2)cc1[N+](=O)[O-].Cc1ccc(-c2n[nH]c(CC(=O)OC3C(C)CC(C)CC3C)n2)cc1[N+](=O)[O-].O=C(O)CC1CCCCC1.[HH].[HH].[HH]. The van der Waals surface area contributed by atoms with Gasteiger partial charge in [0.05, 0.1) is 16.0 Å². The number of aryl methyl sites for hydroxylation is 2. The van der Waals surface area contributed by atoms with E-state index in [-0.39, 0.29) is 58.3 Å². The summed E-state index contributed by atoms with van der Waals surface area (Å²) in [6, 6.07) is 9.43. The number of benzene rings is 2. The smallest absolute Gasteiger partial charge is 0.313 e. The van der Waals surface area contributed by atoms with Gasteiger partial charge in [0.25, 0.3) is 11.4 Å². The van der Waals surface area contributed by atoms with Gasteiger partial charge in [0.1, 0.15) is 30.6 Å². The predicted octanol–water partition coefficient (Wildman–Crippen LogP) is 9.99. The Hall–Kier alpha value is -6.11. The van der Waals surface area contributed by atoms with Crippen molar-refractivity contribution in [1.29, 1.82) is 0 Å². The maximum atomic E-state index is 12.4. The molecule has 2 heterocycles. The molecule has 4 atom stereocenters. The van der Waals surface area contributed by atoms with Crippen molar-refractivity contribution in [2.45, 2.75) is 145 Å². The van der Waals surface area contributed by atoms with E-state index in [1.54, 1.807) is 38.1 Å². The summed E-state index contributed by atoms with van der Waals surface area (Å²) in [6.45, 7) is 16.4. The van der Waals surface area contributed by atoms with E-state index in [4.69, 9.17) is 14.9 Å². The van der Waals surface area contributed by atoms with Crippen molar-refractivity contribution in [2.24, 2.45) is 41.4 Å². The minimum Gasteiger partial charge on any atom is -0.481 e. The van der Waals surface area contributed by atoms with Gasteiger partial charge in [0.2, 0.25) is 0 Å². The van der Waals surface area contributed by atoms with Crippen LogP contribution in [-0.4, -0.2) is 85.6 Å². The van der Waals surface area contributed by atoms with Crippen molar-refractivity contribution in [2.75, 3.05) is 0 Å². The van der Waals surface area contributed by atoms with Gasteiger partial charge in [-0.3, -0.25) is 44.8 Å². The number of carbonyl (C=O) groups excluding carboxylic acids is 1. The average molecular weight is 939 g/mol. The van der Waals surface area contributed by atoms with E-state index in [1.165, 1.54) is 44.2 Å². The summed E-state index contributed by atoms with van der Waals surface area (Å²) < 4.78 is 5.73. The minimum atomic E-state index is -1.03. The lowest BCUT2D eigenvalue weighted by Gasteiger charge is -2.37. The molecule has 0 aliphatic heterocycles. The zero-order valence-electron chi connectivity index (χ0n) is 39.9. The molecule has 2 aromatic carbocycles. The highest BCUT2D eigenvalue weighted by molar-refractivity contribution is 5.72. The average Bonchev–Trinajstić information content (AvgIpc) is 3.92. The number of carbonyl (C=O) groups is 3. The molecule has 372 valence electrons. The number of nitrogens with zero attached hydrogens (tertiary/aromatic N) is 6. The summed E-state index contributed by atoms with van der Waals surface area (Å²) in [5, 5.41) is 61.8. The molecule has 2 aromatic heterocycles. The molecule has 67 heavy (non-hydrogen) atoms. The molecule has 4 aromatic rings. The molecule has 19 nitrogen and oxygen atoms in total. The highest BCUT2D eigenvalue weighted by atomic mass is 16.6. The molecule has 3 aliphatic rings. The summed E-state index contributed by atoms with van der Waals surface area (Å²) >= 11 is 0. The Kier molecular flexibility index (Phi) is 20.1. The number of esters is 1. The Morgan fingerprint density at radius 3 is 1.54 bits per heavy atom. The summed E-state index contributed by atoms with van der Waals surface area (Å²) in [4.78, 5) is 62.5. The second-order valence-electron chi connectivity index (χ2n) is 19.1. The van der Waals surface area contributed by atoms with Crippen molar-refractivity contribution >= 4 is 29.3 Å². The molecule has 0 spiro atoms. The number of nitrogens with one attached hydrogen (secondary N) is 2. The van der Waals surface area contributed by atoms with Gasteiger partial charge >= 0.3 is 17.9 Å². The van der Waals surface area contributed by atoms with Gasteiger partial charge in [0.15, 0.2) is 11.6 Å². The van der Waals surface area contributed by atoms with Crippen molar-refractivity contribution < 1.29 is 48.6 Å². The predicted molar refractivity (Wildman–Crippen MR) is 256 cm³/mol. The van der Waals surface area contributed by atoms with Crippen LogP contribution >= 0.6 is 0 Å². The molecule has 0 radical (unpaired) electrons. The van der Waals surface area contributed by atoms with Crippen LogP contribution in [0.25, 0.3) is 22.8 Å². The largest absolute Gasteiger partial charge is 0.481 e. The molecular weight excluding hydrogens is 865 g/mol. The number of nitro groups is 2. The summed E-state index contributed by atoms with van der Waals surface area (Å²) in [5.74, 6) is 2.77. The highest BCUT2D eigenvalue weighted by Crippen LogP contribution is 2.36. The monoisotopic (exact) mass is 939 g/mol. The van der Waals surface area contributed by atoms with Crippen LogP contribution in [0.4, 0.5) is 11.4 Å². The number of rotatable bonds is 11. The summed E-state index contributed by atoms with van der Waals surface area (Å²) in [6.07, 6.45) is 10.5. The lowest BCUT2D eigenvalue weighted by Crippen LogP contribution is -2.37. The second kappa shape index (κ2) is 25.1. The van der Waals surface area contributed by atoms with Gasteiger partial charge in [-0.25, -0.2) is 9.97 Å². The van der Waals surface area contributed by atoms with Gasteiger partial charge in [0, 0.05) is 45.1 Å². The van der Waals surface area contributed by atoms with Gasteiger partial charge in [-0.2, -0.15) is 10.2 Å².